The van der Waals surface area contributed by atoms with Crippen molar-refractivity contribution >= 4 is 5.97 Å². The van der Waals surface area contributed by atoms with Gasteiger partial charge in [0.25, 0.3) is 0 Å². The third-order valence-corrected chi connectivity index (χ3v) is 2.48. The lowest BCUT2D eigenvalue weighted by Crippen LogP contribution is -2.15. The van der Waals surface area contributed by atoms with E-state index in [0.717, 1.165) is 5.56 Å². The maximum absolute atomic E-state index is 11.5. The zero-order valence-corrected chi connectivity index (χ0v) is 8.15. The number of aromatic hydroxyl groups is 1. The molecule has 0 fully saturated rings. The molecule has 1 atom stereocenters. The summed E-state index contributed by atoms with van der Waals surface area (Å²) in [6, 6.07) is 5.07. The van der Waals surface area contributed by atoms with Gasteiger partial charge in [0.1, 0.15) is 0 Å². The number of ether oxygens (including phenoxy) is 1. The number of benzene rings is 1. The van der Waals surface area contributed by atoms with E-state index in [9.17, 15) is 9.90 Å². The molecule has 1 aliphatic heterocycles. The van der Waals surface area contributed by atoms with Gasteiger partial charge < -0.3 is 9.84 Å². The van der Waals surface area contributed by atoms with E-state index in [1.165, 1.54) is 6.07 Å². The standard InChI is InChI=1S/C11H12O3/c1-6(2)9-7-4-3-5-8(12)10(7)14-11(9)13/h3-6,9,12H,1-2H3. The normalized spacial score (nSPS) is 19.6. The Hall–Kier alpha value is -1.51. The SMILES string of the molecule is CC(C)C1C(=O)Oc2c(O)cccc21. The monoisotopic (exact) mass is 192 g/mol. The molecule has 0 amide bonds. The zero-order chi connectivity index (χ0) is 10.3. The Morgan fingerprint density at radius 1 is 1.43 bits per heavy atom. The number of hydrogen-bond donors (Lipinski definition) is 1. The molecule has 0 aromatic heterocycles. The lowest BCUT2D eigenvalue weighted by Gasteiger charge is -2.10. The van der Waals surface area contributed by atoms with Gasteiger partial charge in [-0.2, -0.15) is 0 Å². The first-order valence-electron chi connectivity index (χ1n) is 4.65. The summed E-state index contributed by atoms with van der Waals surface area (Å²) in [5.74, 6) is 0.0503. The first-order chi connectivity index (χ1) is 6.61. The summed E-state index contributed by atoms with van der Waals surface area (Å²) in [7, 11) is 0. The molecule has 1 aliphatic rings. The van der Waals surface area contributed by atoms with Crippen LogP contribution in [-0.4, -0.2) is 11.1 Å². The van der Waals surface area contributed by atoms with Crippen molar-refractivity contribution < 1.29 is 14.6 Å². The summed E-state index contributed by atoms with van der Waals surface area (Å²) in [6.07, 6.45) is 0. The molecule has 0 saturated carbocycles. The highest BCUT2D eigenvalue weighted by molar-refractivity contribution is 5.87. The van der Waals surface area contributed by atoms with Gasteiger partial charge >= 0.3 is 5.97 Å². The van der Waals surface area contributed by atoms with Gasteiger partial charge in [-0.25, -0.2) is 0 Å². The van der Waals surface area contributed by atoms with Crippen LogP contribution in [0.2, 0.25) is 0 Å². The van der Waals surface area contributed by atoms with E-state index in [0.29, 0.717) is 5.75 Å². The van der Waals surface area contributed by atoms with Crippen LogP contribution in [0.4, 0.5) is 0 Å². The fourth-order valence-corrected chi connectivity index (χ4v) is 1.82. The van der Waals surface area contributed by atoms with Crippen LogP contribution in [0.3, 0.4) is 0 Å². The molecule has 1 unspecified atom stereocenters. The molecule has 0 spiro atoms. The Morgan fingerprint density at radius 3 is 2.79 bits per heavy atom. The predicted octanol–water partition coefficient (Wildman–Crippen LogP) is 2.05. The van der Waals surface area contributed by atoms with Gasteiger partial charge in [-0.1, -0.05) is 26.0 Å². The molecule has 74 valence electrons. The highest BCUT2D eigenvalue weighted by Gasteiger charge is 2.36. The minimum atomic E-state index is -0.267. The fraction of sp³-hybridized carbons (Fsp3) is 0.364. The third-order valence-electron chi connectivity index (χ3n) is 2.48. The van der Waals surface area contributed by atoms with Crippen LogP contribution >= 0.6 is 0 Å². The molecule has 2 rings (SSSR count). The Kier molecular flexibility index (Phi) is 1.95. The van der Waals surface area contributed by atoms with Gasteiger partial charge in [0, 0.05) is 5.56 Å². The number of phenolic OH excluding ortho intramolecular Hbond substituents is 1. The van der Waals surface area contributed by atoms with Crippen molar-refractivity contribution in [1.82, 2.24) is 0 Å². The van der Waals surface area contributed by atoms with Gasteiger partial charge in [-0.05, 0) is 12.0 Å². The largest absolute Gasteiger partial charge is 0.504 e. The van der Waals surface area contributed by atoms with E-state index in [-0.39, 0.29) is 23.6 Å². The number of hydrogen-bond acceptors (Lipinski definition) is 3. The maximum Gasteiger partial charge on any atom is 0.319 e. The molecule has 0 saturated heterocycles. The molecule has 1 heterocycles. The van der Waals surface area contributed by atoms with Crippen molar-refractivity contribution in [3.8, 4) is 11.5 Å². The summed E-state index contributed by atoms with van der Waals surface area (Å²) < 4.78 is 5.02. The minimum absolute atomic E-state index is 0.0407. The van der Waals surface area contributed by atoms with Gasteiger partial charge in [0.15, 0.2) is 11.5 Å². The number of esters is 1. The number of fused-ring (bicyclic) bond motifs is 1. The lowest BCUT2D eigenvalue weighted by atomic mass is 9.90. The minimum Gasteiger partial charge on any atom is -0.504 e. The highest BCUT2D eigenvalue weighted by atomic mass is 16.5. The predicted molar refractivity (Wildman–Crippen MR) is 51.3 cm³/mol. The zero-order valence-electron chi connectivity index (χ0n) is 8.15. The Balaban J connectivity index is 2.53. The van der Waals surface area contributed by atoms with Crippen molar-refractivity contribution in [3.05, 3.63) is 23.8 Å². The number of carbonyl (C=O) groups is 1. The van der Waals surface area contributed by atoms with E-state index in [2.05, 4.69) is 0 Å². The Bertz CT molecular complexity index is 382. The van der Waals surface area contributed by atoms with Crippen molar-refractivity contribution in [3.63, 3.8) is 0 Å². The summed E-state index contributed by atoms with van der Waals surface area (Å²) in [5.41, 5.74) is 0.796. The van der Waals surface area contributed by atoms with Crippen molar-refractivity contribution in [2.45, 2.75) is 19.8 Å². The lowest BCUT2D eigenvalue weighted by molar-refractivity contribution is -0.135. The second-order valence-corrected chi connectivity index (χ2v) is 3.84. The van der Waals surface area contributed by atoms with Crippen LogP contribution in [0.15, 0.2) is 18.2 Å². The van der Waals surface area contributed by atoms with E-state index in [1.54, 1.807) is 6.07 Å². The molecule has 1 aromatic rings. The quantitative estimate of drug-likeness (QED) is 0.547. The maximum atomic E-state index is 11.5. The summed E-state index contributed by atoms with van der Waals surface area (Å²) in [4.78, 5) is 11.5. The topological polar surface area (TPSA) is 46.5 Å². The van der Waals surface area contributed by atoms with E-state index >= 15 is 0 Å². The number of rotatable bonds is 1. The van der Waals surface area contributed by atoms with E-state index in [4.69, 9.17) is 4.74 Å². The molecule has 3 heteroatoms. The highest BCUT2D eigenvalue weighted by Crippen LogP contribution is 2.43. The van der Waals surface area contributed by atoms with Crippen LogP contribution in [0.25, 0.3) is 0 Å². The average Bonchev–Trinajstić information content (AvgIpc) is 2.42. The summed E-state index contributed by atoms with van der Waals surface area (Å²) in [6.45, 7) is 3.93. The third kappa shape index (κ3) is 1.16. The van der Waals surface area contributed by atoms with E-state index in [1.807, 2.05) is 19.9 Å². The average molecular weight is 192 g/mol. The van der Waals surface area contributed by atoms with E-state index < -0.39 is 0 Å². The molecule has 0 aliphatic carbocycles. The molecule has 14 heavy (non-hydrogen) atoms. The Labute approximate surface area is 82.3 Å². The van der Waals surface area contributed by atoms with Crippen LogP contribution in [0.1, 0.15) is 25.3 Å². The number of carbonyl (C=O) groups excluding carboxylic acids is 1. The first kappa shape index (κ1) is 9.06. The molecule has 3 nitrogen and oxygen atoms in total. The smallest absolute Gasteiger partial charge is 0.319 e. The molecular weight excluding hydrogens is 180 g/mol. The van der Waals surface area contributed by atoms with Crippen molar-refractivity contribution in [2.75, 3.05) is 0 Å². The molecule has 0 bridgehead atoms. The Morgan fingerprint density at radius 2 is 2.14 bits per heavy atom. The molecular formula is C11H12O3. The first-order valence-corrected chi connectivity index (χ1v) is 4.65. The molecule has 1 aromatic carbocycles. The van der Waals surface area contributed by atoms with Gasteiger partial charge in [-0.3, -0.25) is 4.79 Å². The van der Waals surface area contributed by atoms with Gasteiger partial charge in [0.2, 0.25) is 0 Å². The van der Waals surface area contributed by atoms with Gasteiger partial charge in [0.05, 0.1) is 5.92 Å². The second-order valence-electron chi connectivity index (χ2n) is 3.84. The van der Waals surface area contributed by atoms with Crippen molar-refractivity contribution in [1.29, 1.82) is 0 Å². The van der Waals surface area contributed by atoms with Crippen LogP contribution in [0.5, 0.6) is 11.5 Å². The number of para-hydroxylation sites is 1. The molecule has 0 radical (unpaired) electrons. The number of phenols is 1. The molecule has 1 N–H and O–H groups in total. The second kappa shape index (κ2) is 3.01. The van der Waals surface area contributed by atoms with Crippen molar-refractivity contribution in [2.24, 2.45) is 5.92 Å². The van der Waals surface area contributed by atoms with Gasteiger partial charge in [-0.15, -0.1) is 0 Å². The fourth-order valence-electron chi connectivity index (χ4n) is 1.82. The van der Waals surface area contributed by atoms with Crippen LogP contribution < -0.4 is 4.74 Å². The summed E-state index contributed by atoms with van der Waals surface area (Å²) in [5, 5.41) is 9.47. The van der Waals surface area contributed by atoms with Crippen LogP contribution in [-0.2, 0) is 4.79 Å². The van der Waals surface area contributed by atoms with Crippen LogP contribution in [0, 0.1) is 5.92 Å². The summed E-state index contributed by atoms with van der Waals surface area (Å²) >= 11 is 0.